The molecule has 3 nitrogen and oxygen atoms in total. The average molecular weight is 226 g/mol. The van der Waals surface area contributed by atoms with Crippen LogP contribution in [0.25, 0.3) is 0 Å². The molecule has 17 heavy (non-hydrogen) atoms. The number of hydrogen-bond acceptors (Lipinski definition) is 3. The Morgan fingerprint density at radius 3 is 3.18 bits per heavy atom. The van der Waals surface area contributed by atoms with Crippen molar-refractivity contribution in [2.24, 2.45) is 0 Å². The molecule has 0 spiro atoms. The largest absolute Gasteiger partial charge is 0.348 e. The van der Waals surface area contributed by atoms with E-state index in [9.17, 15) is 0 Å². The highest BCUT2D eigenvalue weighted by Crippen LogP contribution is 2.30. The van der Waals surface area contributed by atoms with Gasteiger partial charge in [-0.1, -0.05) is 12.1 Å². The second kappa shape index (κ2) is 4.18. The first-order chi connectivity index (χ1) is 8.34. The quantitative estimate of drug-likeness (QED) is 0.736. The third kappa shape index (κ3) is 1.89. The number of allylic oxidation sites excluding steroid dienone is 3. The molecule has 0 radical (unpaired) electrons. The van der Waals surface area contributed by atoms with Crippen molar-refractivity contribution < 1.29 is 4.74 Å². The van der Waals surface area contributed by atoms with Gasteiger partial charge in [0.2, 0.25) is 0 Å². The molecule has 1 aromatic heterocycles. The molecule has 1 unspecified atom stereocenters. The van der Waals surface area contributed by atoms with Gasteiger partial charge in [-0.15, -0.1) is 0 Å². The molecule has 86 valence electrons. The zero-order valence-electron chi connectivity index (χ0n) is 9.71. The van der Waals surface area contributed by atoms with E-state index in [4.69, 9.17) is 4.74 Å². The molecule has 3 heteroatoms. The van der Waals surface area contributed by atoms with Crippen molar-refractivity contribution in [3.63, 3.8) is 0 Å². The van der Waals surface area contributed by atoms with Crippen molar-refractivity contribution in [3.05, 3.63) is 65.8 Å². The number of rotatable bonds is 1. The number of aromatic nitrogens is 1. The standard InChI is InChI=1S/C14H14N2O/c1-11-5-4-7-13(15-11)14-16-9-3-2-6-12(16)8-10-17-14/h2-9,14H,10H2,1H3. The molecule has 0 aromatic carbocycles. The van der Waals surface area contributed by atoms with E-state index in [0.29, 0.717) is 6.61 Å². The molecular formula is C14H14N2O. The Balaban J connectivity index is 1.96. The first kappa shape index (κ1) is 10.3. The number of hydrogen-bond donors (Lipinski definition) is 0. The smallest absolute Gasteiger partial charge is 0.177 e. The Kier molecular flexibility index (Phi) is 2.53. The monoisotopic (exact) mass is 226 g/mol. The van der Waals surface area contributed by atoms with Crippen LogP contribution in [0.2, 0.25) is 0 Å². The van der Waals surface area contributed by atoms with Crippen LogP contribution in [0.1, 0.15) is 17.6 Å². The Hall–Kier alpha value is -1.87. The molecule has 2 aliphatic heterocycles. The van der Waals surface area contributed by atoms with Gasteiger partial charge in [0.1, 0.15) is 0 Å². The van der Waals surface area contributed by atoms with Crippen molar-refractivity contribution in [1.29, 1.82) is 0 Å². The molecule has 3 heterocycles. The van der Waals surface area contributed by atoms with E-state index in [1.165, 1.54) is 5.70 Å². The molecule has 0 fully saturated rings. The van der Waals surface area contributed by atoms with E-state index in [2.05, 4.69) is 22.0 Å². The van der Waals surface area contributed by atoms with Gasteiger partial charge in [-0.05, 0) is 37.3 Å². The predicted molar refractivity (Wildman–Crippen MR) is 65.9 cm³/mol. The summed E-state index contributed by atoms with van der Waals surface area (Å²) in [6.07, 6.45) is 10.1. The first-order valence-corrected chi connectivity index (χ1v) is 5.73. The minimum atomic E-state index is -0.115. The van der Waals surface area contributed by atoms with Crippen molar-refractivity contribution in [1.82, 2.24) is 9.88 Å². The summed E-state index contributed by atoms with van der Waals surface area (Å²) in [6.45, 7) is 2.62. The lowest BCUT2D eigenvalue weighted by molar-refractivity contribution is -0.0258. The van der Waals surface area contributed by atoms with Crippen LogP contribution in [-0.4, -0.2) is 16.5 Å². The van der Waals surface area contributed by atoms with Crippen LogP contribution >= 0.6 is 0 Å². The fraction of sp³-hybridized carbons (Fsp3) is 0.214. The van der Waals surface area contributed by atoms with Crippen molar-refractivity contribution in [3.8, 4) is 0 Å². The fourth-order valence-electron chi connectivity index (χ4n) is 2.09. The van der Waals surface area contributed by atoms with E-state index in [1.54, 1.807) is 0 Å². The third-order valence-corrected chi connectivity index (χ3v) is 2.89. The van der Waals surface area contributed by atoms with E-state index >= 15 is 0 Å². The average Bonchev–Trinajstić information content (AvgIpc) is 2.38. The highest BCUT2D eigenvalue weighted by atomic mass is 16.5. The van der Waals surface area contributed by atoms with Crippen LogP contribution in [0.3, 0.4) is 0 Å². The molecule has 0 N–H and O–H groups in total. The van der Waals surface area contributed by atoms with Gasteiger partial charge in [0, 0.05) is 17.6 Å². The fourth-order valence-corrected chi connectivity index (χ4v) is 2.09. The topological polar surface area (TPSA) is 25.4 Å². The molecule has 0 bridgehead atoms. The van der Waals surface area contributed by atoms with Gasteiger partial charge in [-0.25, -0.2) is 0 Å². The Bertz CT molecular complexity index is 517. The second-order valence-electron chi connectivity index (χ2n) is 4.13. The number of fused-ring (bicyclic) bond motifs is 1. The zero-order chi connectivity index (χ0) is 11.7. The summed E-state index contributed by atoms with van der Waals surface area (Å²) in [5, 5.41) is 0. The van der Waals surface area contributed by atoms with Crippen LogP contribution in [0.5, 0.6) is 0 Å². The van der Waals surface area contributed by atoms with Crippen LogP contribution in [-0.2, 0) is 4.74 Å². The molecule has 0 aliphatic carbocycles. The number of ether oxygens (including phenoxy) is 1. The lowest BCUT2D eigenvalue weighted by Gasteiger charge is -2.35. The maximum absolute atomic E-state index is 5.79. The van der Waals surface area contributed by atoms with Gasteiger partial charge in [0.05, 0.1) is 12.3 Å². The van der Waals surface area contributed by atoms with E-state index in [1.807, 2.05) is 43.5 Å². The maximum Gasteiger partial charge on any atom is 0.177 e. The van der Waals surface area contributed by atoms with Crippen molar-refractivity contribution >= 4 is 0 Å². The first-order valence-electron chi connectivity index (χ1n) is 5.73. The summed E-state index contributed by atoms with van der Waals surface area (Å²) in [6, 6.07) is 6.02. The summed E-state index contributed by atoms with van der Waals surface area (Å²) in [7, 11) is 0. The van der Waals surface area contributed by atoms with Crippen LogP contribution in [0.4, 0.5) is 0 Å². The van der Waals surface area contributed by atoms with E-state index < -0.39 is 0 Å². The molecule has 0 saturated carbocycles. The normalized spacial score (nSPS) is 22.3. The molecule has 0 saturated heterocycles. The zero-order valence-corrected chi connectivity index (χ0v) is 9.71. The Labute approximate surface area is 101 Å². The number of nitrogens with zero attached hydrogens (tertiary/aromatic N) is 2. The van der Waals surface area contributed by atoms with Gasteiger partial charge in [-0.3, -0.25) is 4.98 Å². The minimum absolute atomic E-state index is 0.115. The van der Waals surface area contributed by atoms with Crippen LogP contribution < -0.4 is 0 Å². The van der Waals surface area contributed by atoms with Crippen molar-refractivity contribution in [2.75, 3.05) is 6.61 Å². The third-order valence-electron chi connectivity index (χ3n) is 2.89. The highest BCUT2D eigenvalue weighted by molar-refractivity contribution is 5.31. The minimum Gasteiger partial charge on any atom is -0.348 e. The number of aryl methyl sites for hydroxylation is 1. The van der Waals surface area contributed by atoms with E-state index in [0.717, 1.165) is 11.4 Å². The highest BCUT2D eigenvalue weighted by Gasteiger charge is 2.25. The summed E-state index contributed by atoms with van der Waals surface area (Å²) >= 11 is 0. The maximum atomic E-state index is 5.79. The lowest BCUT2D eigenvalue weighted by Crippen LogP contribution is -2.30. The van der Waals surface area contributed by atoms with Gasteiger partial charge in [-0.2, -0.15) is 0 Å². The molecule has 1 aromatic rings. The molecular weight excluding hydrogens is 212 g/mol. The van der Waals surface area contributed by atoms with Gasteiger partial charge in [0.15, 0.2) is 6.23 Å². The number of pyridine rings is 1. The van der Waals surface area contributed by atoms with Crippen LogP contribution in [0.15, 0.2) is 54.4 Å². The van der Waals surface area contributed by atoms with Gasteiger partial charge in [0.25, 0.3) is 0 Å². The summed E-state index contributed by atoms with van der Waals surface area (Å²) < 4.78 is 5.79. The summed E-state index contributed by atoms with van der Waals surface area (Å²) in [4.78, 5) is 6.64. The van der Waals surface area contributed by atoms with Crippen LogP contribution in [0, 0.1) is 6.92 Å². The SMILES string of the molecule is Cc1cccc(C2OCC=C3C=CC=CN32)n1. The van der Waals surface area contributed by atoms with Gasteiger partial charge < -0.3 is 9.64 Å². The molecule has 1 atom stereocenters. The summed E-state index contributed by atoms with van der Waals surface area (Å²) in [5.41, 5.74) is 3.14. The van der Waals surface area contributed by atoms with Crippen molar-refractivity contribution in [2.45, 2.75) is 13.2 Å². The Morgan fingerprint density at radius 1 is 1.35 bits per heavy atom. The lowest BCUT2D eigenvalue weighted by atomic mass is 10.2. The van der Waals surface area contributed by atoms with E-state index in [-0.39, 0.29) is 6.23 Å². The molecule has 0 amide bonds. The Morgan fingerprint density at radius 2 is 2.29 bits per heavy atom. The summed E-state index contributed by atoms with van der Waals surface area (Å²) in [5.74, 6) is 0. The molecule has 3 rings (SSSR count). The second-order valence-corrected chi connectivity index (χ2v) is 4.13. The predicted octanol–water partition coefficient (Wildman–Crippen LogP) is 2.69. The molecule has 2 aliphatic rings. The van der Waals surface area contributed by atoms with Gasteiger partial charge >= 0.3 is 0 Å².